The molecule has 4 saturated carbocycles. The minimum absolute atomic E-state index is 0.0176. The normalized spacial score (nSPS) is 47.1. The summed E-state index contributed by atoms with van der Waals surface area (Å²) in [7, 11) is 0. The fraction of sp³-hybridized carbons (Fsp3) is 0.765. The number of hydrogen-bond donors (Lipinski definition) is 2. The molecule has 2 N–H and O–H groups in total. The van der Waals surface area contributed by atoms with Crippen molar-refractivity contribution in [3.8, 4) is 6.07 Å². The van der Waals surface area contributed by atoms with Gasteiger partial charge >= 0.3 is 5.97 Å². The Balaban J connectivity index is 1.88. The van der Waals surface area contributed by atoms with Crippen molar-refractivity contribution in [1.29, 1.82) is 5.26 Å². The summed E-state index contributed by atoms with van der Waals surface area (Å²) >= 11 is 0. The van der Waals surface area contributed by atoms with E-state index in [1.54, 1.807) is 0 Å². The zero-order valence-electron chi connectivity index (χ0n) is 12.6. The van der Waals surface area contributed by atoms with Crippen molar-refractivity contribution in [3.63, 3.8) is 0 Å². The van der Waals surface area contributed by atoms with Gasteiger partial charge in [-0.2, -0.15) is 5.26 Å². The molecule has 0 aromatic heterocycles. The van der Waals surface area contributed by atoms with E-state index in [0.29, 0.717) is 19.3 Å². The van der Waals surface area contributed by atoms with Crippen molar-refractivity contribution >= 4 is 5.97 Å². The van der Waals surface area contributed by atoms with Crippen molar-refractivity contribution in [2.75, 3.05) is 0 Å². The lowest BCUT2D eigenvalue weighted by atomic mass is 9.38. The fourth-order valence-electron chi connectivity index (χ4n) is 6.22. The Morgan fingerprint density at radius 2 is 1.95 bits per heavy atom. The maximum absolute atomic E-state index is 11.0. The molecule has 4 heteroatoms. The Morgan fingerprint density at radius 3 is 2.52 bits per heavy atom. The van der Waals surface area contributed by atoms with E-state index in [1.165, 1.54) is 0 Å². The fourth-order valence-corrected chi connectivity index (χ4v) is 6.22. The maximum Gasteiger partial charge on any atom is 0.330 e. The molecule has 4 fully saturated rings. The summed E-state index contributed by atoms with van der Waals surface area (Å²) in [6.45, 7) is 5.80. The highest BCUT2D eigenvalue weighted by Crippen LogP contribution is 2.71. The molecular weight excluding hydrogens is 266 g/mol. The highest BCUT2D eigenvalue weighted by Gasteiger charge is 2.66. The monoisotopic (exact) mass is 289 g/mol. The number of nitrogens with zero attached hydrogens (tertiary/aromatic N) is 1. The van der Waals surface area contributed by atoms with Gasteiger partial charge in [0.05, 0.1) is 17.1 Å². The zero-order chi connectivity index (χ0) is 15.5. The molecule has 4 bridgehead atoms. The van der Waals surface area contributed by atoms with Gasteiger partial charge in [0.2, 0.25) is 0 Å². The van der Waals surface area contributed by atoms with Crippen LogP contribution >= 0.6 is 0 Å². The molecule has 21 heavy (non-hydrogen) atoms. The first kappa shape index (κ1) is 14.6. The first-order chi connectivity index (χ1) is 9.63. The number of rotatable bonds is 4. The molecule has 4 aliphatic rings. The van der Waals surface area contributed by atoms with Crippen LogP contribution in [0.15, 0.2) is 12.2 Å². The van der Waals surface area contributed by atoms with E-state index in [-0.39, 0.29) is 16.4 Å². The lowest BCUT2D eigenvalue weighted by Gasteiger charge is -2.67. The van der Waals surface area contributed by atoms with Crippen LogP contribution in [0.2, 0.25) is 0 Å². The molecule has 4 atom stereocenters. The van der Waals surface area contributed by atoms with E-state index >= 15 is 0 Å². The van der Waals surface area contributed by atoms with Crippen LogP contribution < -0.4 is 0 Å². The van der Waals surface area contributed by atoms with Crippen molar-refractivity contribution in [2.45, 2.75) is 63.9 Å². The second-order valence-corrected chi connectivity index (χ2v) is 8.40. The zero-order valence-corrected chi connectivity index (χ0v) is 12.6. The number of carboxylic acids is 1. The highest BCUT2D eigenvalue weighted by molar-refractivity contribution is 5.85. The summed E-state index contributed by atoms with van der Waals surface area (Å²) < 4.78 is 0. The average Bonchev–Trinajstić information content (AvgIpc) is 2.31. The van der Waals surface area contributed by atoms with Gasteiger partial charge < -0.3 is 10.2 Å². The van der Waals surface area contributed by atoms with Gasteiger partial charge in [0.25, 0.3) is 0 Å². The molecule has 4 aliphatic carbocycles. The van der Waals surface area contributed by atoms with Crippen molar-refractivity contribution in [1.82, 2.24) is 0 Å². The minimum Gasteiger partial charge on any atom is -0.478 e. The number of carboxylic acid groups (broad SMARTS) is 1. The van der Waals surface area contributed by atoms with Crippen LogP contribution in [-0.4, -0.2) is 21.8 Å². The number of nitriles is 1. The summed E-state index contributed by atoms with van der Waals surface area (Å²) in [6.07, 6.45) is 5.94. The van der Waals surface area contributed by atoms with E-state index in [2.05, 4.69) is 19.6 Å². The lowest BCUT2D eigenvalue weighted by Crippen LogP contribution is -2.63. The highest BCUT2D eigenvalue weighted by atomic mass is 16.4. The van der Waals surface area contributed by atoms with Crippen molar-refractivity contribution < 1.29 is 15.0 Å². The Kier molecular flexibility index (Phi) is 2.85. The molecule has 0 aromatic carbocycles. The van der Waals surface area contributed by atoms with E-state index in [1.807, 2.05) is 0 Å². The van der Waals surface area contributed by atoms with Crippen molar-refractivity contribution in [2.24, 2.45) is 16.2 Å². The summed E-state index contributed by atoms with van der Waals surface area (Å²) in [5.41, 5.74) is -0.989. The molecule has 0 saturated heterocycles. The van der Waals surface area contributed by atoms with Crippen LogP contribution in [0.4, 0.5) is 0 Å². The number of hydrogen-bond acceptors (Lipinski definition) is 3. The van der Waals surface area contributed by atoms with Gasteiger partial charge in [0, 0.05) is 5.57 Å². The van der Waals surface area contributed by atoms with E-state index in [0.717, 1.165) is 32.1 Å². The first-order valence-corrected chi connectivity index (χ1v) is 7.68. The Morgan fingerprint density at radius 1 is 1.24 bits per heavy atom. The molecule has 4 unspecified atom stereocenters. The predicted octanol–water partition coefficient (Wildman–Crippen LogP) is 3.02. The van der Waals surface area contributed by atoms with Crippen LogP contribution in [0.25, 0.3) is 0 Å². The third-order valence-electron chi connectivity index (χ3n) is 5.90. The third-order valence-corrected chi connectivity index (χ3v) is 5.90. The summed E-state index contributed by atoms with van der Waals surface area (Å²) in [5.74, 6) is -0.945. The van der Waals surface area contributed by atoms with Gasteiger partial charge in [-0.25, -0.2) is 4.79 Å². The average molecular weight is 289 g/mol. The van der Waals surface area contributed by atoms with Gasteiger partial charge in [0.15, 0.2) is 0 Å². The van der Waals surface area contributed by atoms with Crippen LogP contribution in [-0.2, 0) is 4.79 Å². The number of aliphatic hydroxyl groups is 1. The van der Waals surface area contributed by atoms with E-state index in [9.17, 15) is 15.2 Å². The molecule has 114 valence electrons. The summed E-state index contributed by atoms with van der Waals surface area (Å²) in [4.78, 5) is 11.0. The first-order valence-electron chi connectivity index (χ1n) is 7.68. The molecule has 0 aromatic rings. The second kappa shape index (κ2) is 4.10. The summed E-state index contributed by atoms with van der Waals surface area (Å²) in [5, 5.41) is 29.6. The quantitative estimate of drug-likeness (QED) is 0.779. The van der Waals surface area contributed by atoms with Crippen molar-refractivity contribution in [3.05, 3.63) is 12.2 Å². The molecule has 0 heterocycles. The van der Waals surface area contributed by atoms with Gasteiger partial charge in [0.1, 0.15) is 0 Å². The molecule has 0 amide bonds. The minimum atomic E-state index is -0.945. The molecule has 0 spiro atoms. The molecule has 0 aliphatic heterocycles. The lowest BCUT2D eigenvalue weighted by molar-refractivity contribution is -0.216. The maximum atomic E-state index is 11.0. The smallest absolute Gasteiger partial charge is 0.330 e. The number of aliphatic carboxylic acids is 1. The SMILES string of the molecule is C=C(CCC12CC3(C)CC(O)(CC(C#N)(C3)C1)C2)C(=O)O. The second-order valence-electron chi connectivity index (χ2n) is 8.40. The molecule has 0 radical (unpaired) electrons. The largest absolute Gasteiger partial charge is 0.478 e. The Hall–Kier alpha value is -1.34. The van der Waals surface area contributed by atoms with Crippen LogP contribution in [0.3, 0.4) is 0 Å². The van der Waals surface area contributed by atoms with Gasteiger partial charge in [-0.05, 0) is 62.2 Å². The third kappa shape index (κ3) is 2.28. The Labute approximate surface area is 125 Å². The van der Waals surface area contributed by atoms with Gasteiger partial charge in [-0.1, -0.05) is 13.5 Å². The van der Waals surface area contributed by atoms with Gasteiger partial charge in [-0.15, -0.1) is 0 Å². The molecule has 4 rings (SSSR count). The van der Waals surface area contributed by atoms with E-state index in [4.69, 9.17) is 5.11 Å². The number of carbonyl (C=O) groups is 1. The van der Waals surface area contributed by atoms with Crippen LogP contribution in [0, 0.1) is 27.6 Å². The van der Waals surface area contributed by atoms with Crippen LogP contribution in [0.1, 0.15) is 58.3 Å². The van der Waals surface area contributed by atoms with Crippen LogP contribution in [0.5, 0.6) is 0 Å². The van der Waals surface area contributed by atoms with Gasteiger partial charge in [-0.3, -0.25) is 0 Å². The topological polar surface area (TPSA) is 81.3 Å². The molecule has 4 nitrogen and oxygen atoms in total. The molecular formula is C17H23NO3. The predicted molar refractivity (Wildman–Crippen MR) is 77.2 cm³/mol. The Bertz CT molecular complexity index is 541. The standard InChI is InChI=1S/C17H23NO3/c1-12(13(19)20)3-4-15-5-14(2)6-16(8-15,11-18)10-17(21,7-14)9-15/h21H,1,3-10H2,2H3,(H,19,20). The summed E-state index contributed by atoms with van der Waals surface area (Å²) in [6, 6.07) is 2.50. The van der Waals surface area contributed by atoms with E-state index < -0.39 is 17.0 Å².